The molecule has 3 nitrogen and oxygen atoms in total. The van der Waals surface area contributed by atoms with E-state index >= 15 is 0 Å². The number of amides is 1. The number of hydrogen-bond donors (Lipinski definition) is 1. The Labute approximate surface area is 99.0 Å². The van der Waals surface area contributed by atoms with Crippen molar-refractivity contribution in [1.82, 2.24) is 4.90 Å². The minimum atomic E-state index is -0.423. The van der Waals surface area contributed by atoms with Gasteiger partial charge in [-0.2, -0.15) is 0 Å². The highest BCUT2D eigenvalue weighted by Crippen LogP contribution is 2.06. The van der Waals surface area contributed by atoms with Crippen molar-refractivity contribution in [1.29, 1.82) is 0 Å². The molecular weight excluding hydrogens is 227 g/mol. The van der Waals surface area contributed by atoms with Gasteiger partial charge in [-0.3, -0.25) is 4.79 Å². The molecule has 0 aliphatic heterocycles. The molecular formula is C11H13FN2OS. The van der Waals surface area contributed by atoms with Gasteiger partial charge in [0.25, 0.3) is 5.91 Å². The van der Waals surface area contributed by atoms with Crippen LogP contribution in [-0.4, -0.2) is 29.4 Å². The van der Waals surface area contributed by atoms with Crippen molar-refractivity contribution < 1.29 is 9.18 Å². The van der Waals surface area contributed by atoms with Crippen LogP contribution in [0.2, 0.25) is 0 Å². The third-order valence-electron chi connectivity index (χ3n) is 2.11. The molecule has 0 radical (unpaired) electrons. The molecule has 0 aromatic heterocycles. The van der Waals surface area contributed by atoms with Gasteiger partial charge in [0.15, 0.2) is 0 Å². The molecule has 1 rings (SSSR count). The first-order valence-electron chi connectivity index (χ1n) is 4.80. The predicted octanol–water partition coefficient (Wildman–Crippen LogP) is 1.57. The molecule has 1 aromatic carbocycles. The summed E-state index contributed by atoms with van der Waals surface area (Å²) in [5.41, 5.74) is 5.66. The van der Waals surface area contributed by atoms with Gasteiger partial charge in [0, 0.05) is 25.6 Å². The Morgan fingerprint density at radius 2 is 2.25 bits per heavy atom. The molecule has 0 saturated heterocycles. The van der Waals surface area contributed by atoms with Crippen molar-refractivity contribution in [2.45, 2.75) is 6.42 Å². The second kappa shape index (κ2) is 5.55. The number of nitrogens with two attached hydrogens (primary N) is 1. The summed E-state index contributed by atoms with van der Waals surface area (Å²) in [5.74, 6) is -0.663. The zero-order valence-electron chi connectivity index (χ0n) is 8.94. The topological polar surface area (TPSA) is 46.3 Å². The first-order chi connectivity index (χ1) is 7.50. The van der Waals surface area contributed by atoms with E-state index in [0.717, 1.165) is 0 Å². The Morgan fingerprint density at radius 3 is 2.81 bits per heavy atom. The summed E-state index contributed by atoms with van der Waals surface area (Å²) in [4.78, 5) is 13.6. The molecule has 5 heteroatoms. The van der Waals surface area contributed by atoms with Crippen molar-refractivity contribution in [3.8, 4) is 0 Å². The highest BCUT2D eigenvalue weighted by molar-refractivity contribution is 7.80. The molecule has 1 amide bonds. The average molecular weight is 240 g/mol. The molecule has 0 fully saturated rings. The molecule has 0 saturated carbocycles. The van der Waals surface area contributed by atoms with Gasteiger partial charge < -0.3 is 10.6 Å². The first kappa shape index (κ1) is 12.6. The molecule has 2 N–H and O–H groups in total. The smallest absolute Gasteiger partial charge is 0.253 e. The van der Waals surface area contributed by atoms with Crippen LogP contribution in [0, 0.1) is 5.82 Å². The predicted molar refractivity (Wildman–Crippen MR) is 64.8 cm³/mol. The van der Waals surface area contributed by atoms with Crippen LogP contribution in [0.5, 0.6) is 0 Å². The van der Waals surface area contributed by atoms with E-state index in [4.69, 9.17) is 18.0 Å². The van der Waals surface area contributed by atoms with Crippen LogP contribution in [0.3, 0.4) is 0 Å². The van der Waals surface area contributed by atoms with Gasteiger partial charge in [0.05, 0.1) is 4.99 Å². The molecule has 0 bridgehead atoms. The molecule has 86 valence electrons. The van der Waals surface area contributed by atoms with Crippen molar-refractivity contribution >= 4 is 23.1 Å². The fraction of sp³-hybridized carbons (Fsp3) is 0.273. The van der Waals surface area contributed by atoms with Gasteiger partial charge in [-0.15, -0.1) is 0 Å². The van der Waals surface area contributed by atoms with E-state index in [1.54, 1.807) is 13.1 Å². The average Bonchev–Trinajstić information content (AvgIpc) is 2.24. The third kappa shape index (κ3) is 3.58. The van der Waals surface area contributed by atoms with Crippen LogP contribution in [0.15, 0.2) is 24.3 Å². The summed E-state index contributed by atoms with van der Waals surface area (Å²) < 4.78 is 12.9. The maximum absolute atomic E-state index is 12.9. The SMILES string of the molecule is CN(CCC(N)=S)C(=O)c1cccc(F)c1. The summed E-state index contributed by atoms with van der Waals surface area (Å²) in [6.45, 7) is 0.435. The highest BCUT2D eigenvalue weighted by atomic mass is 32.1. The van der Waals surface area contributed by atoms with E-state index < -0.39 is 5.82 Å². The lowest BCUT2D eigenvalue weighted by Crippen LogP contribution is -2.30. The molecule has 0 aliphatic carbocycles. The van der Waals surface area contributed by atoms with E-state index in [9.17, 15) is 9.18 Å². The van der Waals surface area contributed by atoms with E-state index in [-0.39, 0.29) is 5.91 Å². The zero-order valence-corrected chi connectivity index (χ0v) is 9.76. The van der Waals surface area contributed by atoms with E-state index in [2.05, 4.69) is 0 Å². The van der Waals surface area contributed by atoms with Crippen LogP contribution >= 0.6 is 12.2 Å². The Kier molecular flexibility index (Phi) is 4.37. The molecule has 0 aliphatic rings. The summed E-state index contributed by atoms with van der Waals surface area (Å²) in [6.07, 6.45) is 0.465. The van der Waals surface area contributed by atoms with Gasteiger partial charge >= 0.3 is 0 Å². The maximum atomic E-state index is 12.9. The van der Waals surface area contributed by atoms with Crippen molar-refractivity contribution in [3.63, 3.8) is 0 Å². The van der Waals surface area contributed by atoms with Gasteiger partial charge in [0.2, 0.25) is 0 Å². The lowest BCUT2D eigenvalue weighted by atomic mass is 10.2. The van der Waals surface area contributed by atoms with Gasteiger partial charge in [0.1, 0.15) is 5.82 Å². The second-order valence-corrected chi connectivity index (χ2v) is 3.98. The number of halogens is 1. The number of benzene rings is 1. The monoisotopic (exact) mass is 240 g/mol. The van der Waals surface area contributed by atoms with Gasteiger partial charge in [-0.1, -0.05) is 18.3 Å². The zero-order chi connectivity index (χ0) is 12.1. The molecule has 0 heterocycles. The highest BCUT2D eigenvalue weighted by Gasteiger charge is 2.11. The lowest BCUT2D eigenvalue weighted by molar-refractivity contribution is 0.0798. The van der Waals surface area contributed by atoms with E-state index in [0.29, 0.717) is 23.5 Å². The van der Waals surface area contributed by atoms with Crippen LogP contribution < -0.4 is 5.73 Å². The fourth-order valence-corrected chi connectivity index (χ4v) is 1.31. The normalized spacial score (nSPS) is 9.88. The molecule has 16 heavy (non-hydrogen) atoms. The Bertz CT molecular complexity index is 409. The van der Waals surface area contributed by atoms with Crippen LogP contribution in [0.25, 0.3) is 0 Å². The van der Waals surface area contributed by atoms with Crippen LogP contribution in [-0.2, 0) is 0 Å². The van der Waals surface area contributed by atoms with E-state index in [1.807, 2.05) is 0 Å². The Hall–Kier alpha value is -1.49. The number of carbonyl (C=O) groups is 1. The number of hydrogen-bond acceptors (Lipinski definition) is 2. The minimum Gasteiger partial charge on any atom is -0.393 e. The maximum Gasteiger partial charge on any atom is 0.253 e. The molecule has 0 unspecified atom stereocenters. The standard InChI is InChI=1S/C11H13FN2OS/c1-14(6-5-10(13)16)11(15)8-3-2-4-9(12)7-8/h2-4,7H,5-6H2,1H3,(H2,13,16). The third-order valence-corrected chi connectivity index (χ3v) is 2.32. The molecule has 0 atom stereocenters. The summed E-state index contributed by atoms with van der Waals surface area (Å²) in [5, 5.41) is 0. The van der Waals surface area contributed by atoms with Crippen LogP contribution in [0.1, 0.15) is 16.8 Å². The van der Waals surface area contributed by atoms with Gasteiger partial charge in [-0.05, 0) is 18.2 Å². The number of rotatable bonds is 4. The quantitative estimate of drug-likeness (QED) is 0.813. The largest absolute Gasteiger partial charge is 0.393 e. The van der Waals surface area contributed by atoms with Crippen molar-refractivity contribution in [2.75, 3.05) is 13.6 Å². The lowest BCUT2D eigenvalue weighted by Gasteiger charge is -2.16. The second-order valence-electron chi connectivity index (χ2n) is 3.45. The first-order valence-corrected chi connectivity index (χ1v) is 5.21. The van der Waals surface area contributed by atoms with Gasteiger partial charge in [-0.25, -0.2) is 4.39 Å². The fourth-order valence-electron chi connectivity index (χ4n) is 1.22. The summed E-state index contributed by atoms with van der Waals surface area (Å²) in [7, 11) is 1.63. The Morgan fingerprint density at radius 1 is 1.56 bits per heavy atom. The van der Waals surface area contributed by atoms with Crippen LogP contribution in [0.4, 0.5) is 4.39 Å². The summed E-state index contributed by atoms with van der Waals surface area (Å²) in [6, 6.07) is 5.58. The number of nitrogens with zero attached hydrogens (tertiary/aromatic N) is 1. The number of thiocarbonyl (C=S) groups is 1. The Balaban J connectivity index is 2.67. The molecule has 0 spiro atoms. The minimum absolute atomic E-state index is 0.240. The summed E-state index contributed by atoms with van der Waals surface area (Å²) >= 11 is 4.72. The van der Waals surface area contributed by atoms with Crippen molar-refractivity contribution in [2.24, 2.45) is 5.73 Å². The number of carbonyl (C=O) groups excluding carboxylic acids is 1. The van der Waals surface area contributed by atoms with Crippen molar-refractivity contribution in [3.05, 3.63) is 35.6 Å². The van der Waals surface area contributed by atoms with E-state index in [1.165, 1.54) is 23.1 Å². The molecule has 1 aromatic rings.